The number of hydrogen-bond donors (Lipinski definition) is 0. The summed E-state index contributed by atoms with van der Waals surface area (Å²) in [6, 6.07) is 3.62. The van der Waals surface area contributed by atoms with Crippen molar-refractivity contribution in [2.75, 3.05) is 0 Å². The van der Waals surface area contributed by atoms with Crippen molar-refractivity contribution < 1.29 is 9.59 Å². The molecule has 2 rings (SSSR count). The number of fused-ring (bicyclic) bond motifs is 1. The van der Waals surface area contributed by atoms with Crippen LogP contribution in [0, 0.1) is 0 Å². The van der Waals surface area contributed by atoms with Crippen LogP contribution in [0.25, 0.3) is 5.65 Å². The first kappa shape index (κ1) is 10.5. The Balaban J connectivity index is 2.14. The molecule has 0 N–H and O–H groups in total. The molecule has 0 aromatic carbocycles. The Hall–Kier alpha value is -2.04. The van der Waals surface area contributed by atoms with Crippen LogP contribution in [-0.2, 0) is 16.0 Å². The van der Waals surface area contributed by atoms with Crippen molar-refractivity contribution in [1.29, 1.82) is 0 Å². The van der Waals surface area contributed by atoms with Gasteiger partial charge in [0.05, 0.1) is 6.42 Å². The average molecular weight is 217 g/mol. The number of hydrogen-bond acceptors (Lipinski definition) is 4. The van der Waals surface area contributed by atoms with Crippen molar-refractivity contribution in [3.05, 3.63) is 30.2 Å². The van der Waals surface area contributed by atoms with Crippen LogP contribution in [0.2, 0.25) is 0 Å². The van der Waals surface area contributed by atoms with Gasteiger partial charge >= 0.3 is 0 Å². The lowest BCUT2D eigenvalue weighted by atomic mass is 10.1. The predicted octanol–water partition coefficient (Wildman–Crippen LogP) is 0.820. The van der Waals surface area contributed by atoms with Crippen molar-refractivity contribution in [2.24, 2.45) is 0 Å². The molecule has 0 radical (unpaired) electrons. The Bertz CT molecular complexity index is 545. The molecule has 82 valence electrons. The highest BCUT2D eigenvalue weighted by molar-refractivity contribution is 5.98. The minimum absolute atomic E-state index is 0.00211. The number of Topliss-reactive ketones (excluding diaryl/α,β-unsaturated/α-hetero) is 2. The fourth-order valence-corrected chi connectivity index (χ4v) is 1.54. The molecule has 0 aliphatic rings. The predicted molar refractivity (Wildman–Crippen MR) is 57.0 cm³/mol. The Labute approximate surface area is 92.1 Å². The lowest BCUT2D eigenvalue weighted by molar-refractivity contribution is -0.125. The molecule has 0 fully saturated rings. The summed E-state index contributed by atoms with van der Waals surface area (Å²) in [6.07, 6.45) is 3.66. The number of carbonyl (C=O) groups is 2. The summed E-state index contributed by atoms with van der Waals surface area (Å²) in [7, 11) is 0. The first-order valence-corrected chi connectivity index (χ1v) is 4.94. The molecule has 0 amide bonds. The topological polar surface area (TPSA) is 64.3 Å². The van der Waals surface area contributed by atoms with Gasteiger partial charge in [-0.1, -0.05) is 0 Å². The van der Waals surface area contributed by atoms with Crippen molar-refractivity contribution in [3.8, 4) is 0 Å². The number of carbonyl (C=O) groups excluding carboxylic acids is 2. The fraction of sp³-hybridized carbons (Fsp3) is 0.273. The van der Waals surface area contributed by atoms with Gasteiger partial charge in [-0.2, -0.15) is 0 Å². The van der Waals surface area contributed by atoms with Gasteiger partial charge in [-0.25, -0.2) is 0 Å². The molecular weight excluding hydrogens is 206 g/mol. The van der Waals surface area contributed by atoms with Crippen LogP contribution in [-0.4, -0.2) is 26.2 Å². The van der Waals surface area contributed by atoms with E-state index < -0.39 is 0 Å². The molecule has 16 heavy (non-hydrogen) atoms. The van der Waals surface area contributed by atoms with Gasteiger partial charge in [0.1, 0.15) is 17.9 Å². The van der Waals surface area contributed by atoms with Crippen LogP contribution in [0.4, 0.5) is 0 Å². The summed E-state index contributed by atoms with van der Waals surface area (Å²) in [5.41, 5.74) is 1.56. The molecule has 2 aromatic heterocycles. The van der Waals surface area contributed by atoms with Gasteiger partial charge in [-0.3, -0.25) is 14.0 Å². The van der Waals surface area contributed by atoms with Crippen molar-refractivity contribution in [2.45, 2.75) is 19.8 Å². The third-order valence-electron chi connectivity index (χ3n) is 2.21. The Morgan fingerprint density at radius 2 is 2.25 bits per heavy atom. The molecule has 0 spiro atoms. The average Bonchev–Trinajstić information content (AvgIpc) is 2.63. The minimum Gasteiger partial charge on any atom is -0.300 e. The largest absolute Gasteiger partial charge is 0.300 e. The number of nitrogens with zero attached hydrogens (tertiary/aromatic N) is 3. The van der Waals surface area contributed by atoms with Crippen LogP contribution < -0.4 is 0 Å². The zero-order valence-electron chi connectivity index (χ0n) is 8.88. The smallest absolute Gasteiger partial charge is 0.160 e. The van der Waals surface area contributed by atoms with Crippen LogP contribution in [0.1, 0.15) is 18.9 Å². The van der Waals surface area contributed by atoms with Gasteiger partial charge in [0.25, 0.3) is 0 Å². The molecule has 0 aliphatic carbocycles. The Kier molecular flexibility index (Phi) is 2.76. The minimum atomic E-state index is -0.103. The highest BCUT2D eigenvalue weighted by Gasteiger charge is 2.07. The first-order chi connectivity index (χ1) is 7.65. The van der Waals surface area contributed by atoms with Gasteiger partial charge in [-0.15, -0.1) is 10.2 Å². The van der Waals surface area contributed by atoms with Gasteiger partial charge in [0.15, 0.2) is 5.65 Å². The SMILES string of the molecule is CC(=O)CC(=O)Cc1ccn2cnnc2c1. The standard InChI is InChI=1S/C11H11N3O2/c1-8(15)4-10(16)5-9-2-3-14-7-12-13-11(14)6-9/h2-3,6-7H,4-5H2,1H3. The Morgan fingerprint density at radius 1 is 1.44 bits per heavy atom. The summed E-state index contributed by atoms with van der Waals surface area (Å²) in [6.45, 7) is 1.42. The van der Waals surface area contributed by atoms with Crippen molar-refractivity contribution in [1.82, 2.24) is 14.6 Å². The van der Waals surface area contributed by atoms with Crippen LogP contribution in [0.15, 0.2) is 24.7 Å². The van der Waals surface area contributed by atoms with E-state index in [0.29, 0.717) is 5.65 Å². The van der Waals surface area contributed by atoms with E-state index in [-0.39, 0.29) is 24.4 Å². The van der Waals surface area contributed by atoms with Crippen LogP contribution in [0.5, 0.6) is 0 Å². The Morgan fingerprint density at radius 3 is 3.00 bits per heavy atom. The monoisotopic (exact) mass is 217 g/mol. The maximum Gasteiger partial charge on any atom is 0.160 e. The second-order valence-corrected chi connectivity index (χ2v) is 3.73. The van der Waals surface area contributed by atoms with Gasteiger partial charge in [0.2, 0.25) is 0 Å². The van der Waals surface area contributed by atoms with Gasteiger partial charge in [-0.05, 0) is 24.6 Å². The summed E-state index contributed by atoms with van der Waals surface area (Å²) >= 11 is 0. The highest BCUT2D eigenvalue weighted by atomic mass is 16.1. The maximum atomic E-state index is 11.4. The number of rotatable bonds is 4. The third-order valence-corrected chi connectivity index (χ3v) is 2.21. The summed E-state index contributed by atoms with van der Waals surface area (Å²) in [5, 5.41) is 7.63. The molecule has 0 saturated carbocycles. The first-order valence-electron chi connectivity index (χ1n) is 4.94. The van der Waals surface area contributed by atoms with Crippen molar-refractivity contribution in [3.63, 3.8) is 0 Å². The van der Waals surface area contributed by atoms with Crippen LogP contribution >= 0.6 is 0 Å². The zero-order valence-corrected chi connectivity index (χ0v) is 8.88. The number of aromatic nitrogens is 3. The fourth-order valence-electron chi connectivity index (χ4n) is 1.54. The molecule has 0 aliphatic heterocycles. The summed E-state index contributed by atoms with van der Waals surface area (Å²) in [4.78, 5) is 22.2. The molecule has 0 saturated heterocycles. The summed E-state index contributed by atoms with van der Waals surface area (Å²) < 4.78 is 1.76. The highest BCUT2D eigenvalue weighted by Crippen LogP contribution is 2.06. The van der Waals surface area contributed by atoms with Crippen LogP contribution in [0.3, 0.4) is 0 Å². The maximum absolute atomic E-state index is 11.4. The lowest BCUT2D eigenvalue weighted by Crippen LogP contribution is -2.07. The molecule has 5 heteroatoms. The van der Waals surface area contributed by atoms with E-state index in [1.807, 2.05) is 6.07 Å². The molecule has 0 bridgehead atoms. The van der Waals surface area contributed by atoms with Gasteiger partial charge in [0, 0.05) is 12.6 Å². The number of pyridine rings is 1. The molecule has 2 aromatic rings. The normalized spacial score (nSPS) is 10.6. The molecule has 2 heterocycles. The van der Waals surface area contributed by atoms with E-state index in [1.54, 1.807) is 23.0 Å². The van der Waals surface area contributed by atoms with E-state index in [1.165, 1.54) is 6.92 Å². The van der Waals surface area contributed by atoms with E-state index in [0.717, 1.165) is 5.56 Å². The van der Waals surface area contributed by atoms with E-state index >= 15 is 0 Å². The molecular formula is C11H11N3O2. The third kappa shape index (κ3) is 2.31. The zero-order chi connectivity index (χ0) is 11.5. The molecule has 0 unspecified atom stereocenters. The second kappa shape index (κ2) is 4.22. The second-order valence-electron chi connectivity index (χ2n) is 3.73. The van der Waals surface area contributed by atoms with E-state index in [4.69, 9.17) is 0 Å². The van der Waals surface area contributed by atoms with Gasteiger partial charge < -0.3 is 0 Å². The number of ketones is 2. The van der Waals surface area contributed by atoms with E-state index in [9.17, 15) is 9.59 Å². The molecule has 0 atom stereocenters. The van der Waals surface area contributed by atoms with Crippen molar-refractivity contribution >= 4 is 17.2 Å². The quantitative estimate of drug-likeness (QED) is 0.711. The molecule has 5 nitrogen and oxygen atoms in total. The lowest BCUT2D eigenvalue weighted by Gasteiger charge is -2.00. The van der Waals surface area contributed by atoms with E-state index in [2.05, 4.69) is 10.2 Å². The summed E-state index contributed by atoms with van der Waals surface area (Å²) in [5.74, 6) is -0.176.